The van der Waals surface area contributed by atoms with E-state index in [2.05, 4.69) is 20.9 Å². The second-order valence-corrected chi connectivity index (χ2v) is 6.53. The minimum absolute atomic E-state index is 0.0897. The van der Waals surface area contributed by atoms with E-state index in [1.54, 1.807) is 18.3 Å². The molecule has 6 nitrogen and oxygen atoms in total. The highest BCUT2D eigenvalue weighted by Crippen LogP contribution is 2.32. The summed E-state index contributed by atoms with van der Waals surface area (Å²) in [5.74, 6) is 0.424. The lowest BCUT2D eigenvalue weighted by atomic mass is 9.89. The van der Waals surface area contributed by atoms with E-state index in [0.717, 1.165) is 12.8 Å². The van der Waals surface area contributed by atoms with E-state index in [0.29, 0.717) is 43.1 Å². The zero-order valence-electron chi connectivity index (χ0n) is 13.3. The fraction of sp³-hybridized carbons (Fsp3) is 0.588. The third-order valence-corrected chi connectivity index (χ3v) is 4.70. The Bertz CT molecular complexity index is 537. The average Bonchev–Trinajstić information content (AvgIpc) is 2.91. The van der Waals surface area contributed by atoms with Crippen molar-refractivity contribution in [3.05, 3.63) is 30.1 Å². The van der Waals surface area contributed by atoms with Crippen LogP contribution in [0.4, 0.5) is 0 Å². The van der Waals surface area contributed by atoms with Crippen molar-refractivity contribution < 1.29 is 9.59 Å². The maximum Gasteiger partial charge on any atom is 0.252 e. The Hall–Kier alpha value is -1.95. The average molecular weight is 316 g/mol. The van der Waals surface area contributed by atoms with Gasteiger partial charge in [-0.1, -0.05) is 0 Å². The van der Waals surface area contributed by atoms with Crippen LogP contribution in [-0.4, -0.2) is 42.0 Å². The molecule has 2 bridgehead atoms. The van der Waals surface area contributed by atoms with E-state index in [1.807, 2.05) is 0 Å². The van der Waals surface area contributed by atoms with Gasteiger partial charge in [0.2, 0.25) is 5.91 Å². The van der Waals surface area contributed by atoms with Crippen LogP contribution in [0.2, 0.25) is 0 Å². The summed E-state index contributed by atoms with van der Waals surface area (Å²) in [6.45, 7) is 0.888. The fourth-order valence-electron chi connectivity index (χ4n) is 3.65. The van der Waals surface area contributed by atoms with E-state index in [9.17, 15) is 9.59 Å². The maximum atomic E-state index is 12.0. The molecule has 2 fully saturated rings. The molecule has 6 heteroatoms. The maximum absolute atomic E-state index is 12.0. The topological polar surface area (TPSA) is 83.1 Å². The van der Waals surface area contributed by atoms with Gasteiger partial charge in [0.05, 0.1) is 5.56 Å². The molecule has 3 rings (SSSR count). The van der Waals surface area contributed by atoms with E-state index in [4.69, 9.17) is 0 Å². The van der Waals surface area contributed by atoms with Gasteiger partial charge in [-0.05, 0) is 43.7 Å². The first-order valence-corrected chi connectivity index (χ1v) is 8.41. The zero-order valence-corrected chi connectivity index (χ0v) is 13.3. The molecule has 0 aliphatic carbocycles. The van der Waals surface area contributed by atoms with Crippen LogP contribution < -0.4 is 16.0 Å². The van der Waals surface area contributed by atoms with E-state index >= 15 is 0 Å². The molecule has 2 aliphatic heterocycles. The number of hydrogen-bond donors (Lipinski definition) is 3. The van der Waals surface area contributed by atoms with Crippen LogP contribution in [0.15, 0.2) is 24.5 Å². The number of hydrogen-bond acceptors (Lipinski definition) is 4. The standard InChI is InChI=1S/C17H24N4O2/c22-16(10-12-8-14-3-4-15(9-12)21-14)19-6-7-20-17(23)13-2-1-5-18-11-13/h1-2,5,11-12,14-15,21H,3-4,6-10H2,(H,19,22)(H,20,23). The van der Waals surface area contributed by atoms with Crippen molar-refractivity contribution in [2.24, 2.45) is 5.92 Å². The number of amides is 2. The summed E-state index contributed by atoms with van der Waals surface area (Å²) in [6, 6.07) is 4.67. The lowest BCUT2D eigenvalue weighted by molar-refractivity contribution is -0.122. The summed E-state index contributed by atoms with van der Waals surface area (Å²) < 4.78 is 0. The number of nitrogens with zero attached hydrogens (tertiary/aromatic N) is 1. The van der Waals surface area contributed by atoms with E-state index in [-0.39, 0.29) is 11.8 Å². The SMILES string of the molecule is O=C(CC1CC2CCC(C1)N2)NCCNC(=O)c1cccnc1. The number of rotatable bonds is 6. The highest BCUT2D eigenvalue weighted by molar-refractivity contribution is 5.93. The molecule has 2 atom stereocenters. The highest BCUT2D eigenvalue weighted by Gasteiger charge is 2.34. The van der Waals surface area contributed by atoms with Gasteiger partial charge >= 0.3 is 0 Å². The van der Waals surface area contributed by atoms with Gasteiger partial charge < -0.3 is 16.0 Å². The molecular weight excluding hydrogens is 292 g/mol. The molecule has 0 radical (unpaired) electrons. The molecule has 124 valence electrons. The Morgan fingerprint density at radius 3 is 2.61 bits per heavy atom. The molecule has 3 heterocycles. The van der Waals surface area contributed by atoms with Crippen molar-refractivity contribution in [3.63, 3.8) is 0 Å². The second kappa shape index (κ2) is 7.55. The zero-order chi connectivity index (χ0) is 16.1. The van der Waals surface area contributed by atoms with Crippen LogP contribution in [0.3, 0.4) is 0 Å². The molecule has 0 spiro atoms. The minimum atomic E-state index is -0.165. The highest BCUT2D eigenvalue weighted by atomic mass is 16.2. The summed E-state index contributed by atoms with van der Waals surface area (Å²) in [7, 11) is 0. The van der Waals surface area contributed by atoms with E-state index in [1.165, 1.54) is 19.0 Å². The third kappa shape index (κ3) is 4.51. The van der Waals surface area contributed by atoms with Crippen LogP contribution in [0.5, 0.6) is 0 Å². The summed E-state index contributed by atoms with van der Waals surface area (Å²) >= 11 is 0. The first kappa shape index (κ1) is 15.9. The van der Waals surface area contributed by atoms with Gasteiger partial charge in [0.15, 0.2) is 0 Å². The van der Waals surface area contributed by atoms with Gasteiger partial charge in [-0.3, -0.25) is 14.6 Å². The van der Waals surface area contributed by atoms with Crippen molar-refractivity contribution >= 4 is 11.8 Å². The molecule has 2 aliphatic rings. The first-order chi connectivity index (χ1) is 11.2. The van der Waals surface area contributed by atoms with Gasteiger partial charge in [-0.25, -0.2) is 0 Å². The van der Waals surface area contributed by atoms with Gasteiger partial charge in [0, 0.05) is 44.0 Å². The summed E-state index contributed by atoms with van der Waals surface area (Å²) in [5, 5.41) is 9.27. The van der Waals surface area contributed by atoms with Crippen LogP contribution in [0.25, 0.3) is 0 Å². The Morgan fingerprint density at radius 2 is 1.91 bits per heavy atom. The predicted octanol–water partition coefficient (Wildman–Crippen LogP) is 0.848. The Morgan fingerprint density at radius 1 is 1.17 bits per heavy atom. The number of nitrogens with one attached hydrogen (secondary N) is 3. The van der Waals surface area contributed by atoms with Gasteiger partial charge in [0.25, 0.3) is 5.91 Å². The van der Waals surface area contributed by atoms with Gasteiger partial charge in [-0.15, -0.1) is 0 Å². The molecular formula is C17H24N4O2. The smallest absolute Gasteiger partial charge is 0.252 e. The first-order valence-electron chi connectivity index (χ1n) is 8.41. The van der Waals surface area contributed by atoms with Crippen molar-refractivity contribution in [1.82, 2.24) is 20.9 Å². The fourth-order valence-corrected chi connectivity index (χ4v) is 3.65. The molecule has 0 saturated carbocycles. The van der Waals surface area contributed by atoms with Crippen LogP contribution >= 0.6 is 0 Å². The molecule has 3 N–H and O–H groups in total. The molecule has 23 heavy (non-hydrogen) atoms. The predicted molar refractivity (Wildman–Crippen MR) is 86.9 cm³/mol. The number of carbonyl (C=O) groups is 2. The minimum Gasteiger partial charge on any atom is -0.354 e. The summed E-state index contributed by atoms with van der Waals surface area (Å²) in [6.07, 6.45) is 8.49. The normalized spacial score (nSPS) is 25.8. The Labute approximate surface area is 136 Å². The van der Waals surface area contributed by atoms with Crippen molar-refractivity contribution in [2.45, 2.75) is 44.2 Å². The molecule has 1 aromatic rings. The third-order valence-electron chi connectivity index (χ3n) is 4.70. The quantitative estimate of drug-likeness (QED) is 0.680. The summed E-state index contributed by atoms with van der Waals surface area (Å²) in [4.78, 5) is 27.7. The molecule has 0 aromatic carbocycles. The number of carbonyl (C=O) groups excluding carboxylic acids is 2. The monoisotopic (exact) mass is 316 g/mol. The van der Waals surface area contributed by atoms with Gasteiger partial charge in [-0.2, -0.15) is 0 Å². The van der Waals surface area contributed by atoms with Crippen LogP contribution in [-0.2, 0) is 4.79 Å². The molecule has 2 unspecified atom stereocenters. The van der Waals surface area contributed by atoms with Crippen LogP contribution in [0, 0.1) is 5.92 Å². The Kier molecular flexibility index (Phi) is 5.23. The molecule has 2 amide bonds. The van der Waals surface area contributed by atoms with Crippen molar-refractivity contribution in [2.75, 3.05) is 13.1 Å². The van der Waals surface area contributed by atoms with E-state index < -0.39 is 0 Å². The number of piperidine rings is 1. The Balaban J connectivity index is 1.31. The molecule has 2 saturated heterocycles. The van der Waals surface area contributed by atoms with Crippen molar-refractivity contribution in [3.8, 4) is 0 Å². The number of pyridine rings is 1. The lowest BCUT2D eigenvalue weighted by Crippen LogP contribution is -2.40. The lowest BCUT2D eigenvalue weighted by Gasteiger charge is -2.28. The largest absolute Gasteiger partial charge is 0.354 e. The summed E-state index contributed by atoms with van der Waals surface area (Å²) in [5.41, 5.74) is 0.531. The van der Waals surface area contributed by atoms with Crippen LogP contribution in [0.1, 0.15) is 42.5 Å². The van der Waals surface area contributed by atoms with Gasteiger partial charge in [0.1, 0.15) is 0 Å². The van der Waals surface area contributed by atoms with Crippen molar-refractivity contribution in [1.29, 1.82) is 0 Å². The number of aromatic nitrogens is 1. The second-order valence-electron chi connectivity index (χ2n) is 6.53. The number of fused-ring (bicyclic) bond motifs is 2. The molecule has 1 aromatic heterocycles.